The van der Waals surface area contributed by atoms with Crippen LogP contribution in [0.3, 0.4) is 0 Å². The van der Waals surface area contributed by atoms with Gasteiger partial charge < -0.3 is 14.4 Å². The predicted octanol–water partition coefficient (Wildman–Crippen LogP) is 6.61. The van der Waals surface area contributed by atoms with Crippen molar-refractivity contribution in [3.8, 4) is 17.0 Å². The maximum atomic E-state index is 13.0. The van der Waals surface area contributed by atoms with Crippen molar-refractivity contribution in [2.45, 2.75) is 76.7 Å². The van der Waals surface area contributed by atoms with Crippen LogP contribution in [0.15, 0.2) is 23.6 Å². The van der Waals surface area contributed by atoms with E-state index in [1.165, 1.54) is 61.8 Å². The number of aromatic nitrogens is 1. The molecule has 8 heteroatoms. The number of carbonyl (C=O) groups is 1. The van der Waals surface area contributed by atoms with E-state index in [-0.39, 0.29) is 11.6 Å². The first kappa shape index (κ1) is 27.4. The molecule has 7 nitrogen and oxygen atoms in total. The van der Waals surface area contributed by atoms with Crippen LogP contribution >= 0.6 is 11.3 Å². The van der Waals surface area contributed by atoms with Gasteiger partial charge in [0.15, 0.2) is 5.13 Å². The lowest BCUT2D eigenvalue weighted by molar-refractivity contribution is -0.0747. The summed E-state index contributed by atoms with van der Waals surface area (Å²) in [6, 6.07) is 6.46. The van der Waals surface area contributed by atoms with Gasteiger partial charge in [-0.1, -0.05) is 25.3 Å². The molecule has 208 valence electrons. The monoisotopic (exact) mass is 540 g/mol. The molecule has 2 amide bonds. The summed E-state index contributed by atoms with van der Waals surface area (Å²) in [7, 11) is 1.71. The van der Waals surface area contributed by atoms with E-state index in [0.29, 0.717) is 11.0 Å². The first-order valence-electron chi connectivity index (χ1n) is 14.5. The topological polar surface area (TPSA) is 66.9 Å². The molecule has 1 atom stereocenters. The molecule has 5 rings (SSSR count). The minimum atomic E-state index is -0.0559. The molecule has 0 radical (unpaired) electrons. The van der Waals surface area contributed by atoms with Crippen molar-refractivity contribution in [3.63, 3.8) is 0 Å². The van der Waals surface area contributed by atoms with Crippen molar-refractivity contribution in [2.75, 3.05) is 51.8 Å². The zero-order chi connectivity index (χ0) is 26.5. The first-order chi connectivity index (χ1) is 18.4. The summed E-state index contributed by atoms with van der Waals surface area (Å²) >= 11 is 1.48. The number of ether oxygens (including phenoxy) is 2. The number of benzene rings is 1. The Morgan fingerprint density at radius 1 is 1.16 bits per heavy atom. The third-order valence-electron chi connectivity index (χ3n) is 8.61. The number of urea groups is 1. The molecule has 1 aromatic carbocycles. The number of piperazine rings is 1. The van der Waals surface area contributed by atoms with E-state index >= 15 is 0 Å². The lowest BCUT2D eigenvalue weighted by atomic mass is 9.83. The summed E-state index contributed by atoms with van der Waals surface area (Å²) in [4.78, 5) is 22.2. The lowest BCUT2D eigenvalue weighted by Crippen LogP contribution is -2.50. The van der Waals surface area contributed by atoms with Gasteiger partial charge in [-0.25, -0.2) is 9.78 Å². The molecular weight excluding hydrogens is 496 g/mol. The highest BCUT2D eigenvalue weighted by Gasteiger charge is 2.29. The van der Waals surface area contributed by atoms with Crippen LogP contribution in [-0.2, 0) is 4.74 Å². The molecule has 0 spiro atoms. The largest absolute Gasteiger partial charge is 0.496 e. The van der Waals surface area contributed by atoms with Gasteiger partial charge in [0, 0.05) is 43.7 Å². The van der Waals surface area contributed by atoms with Gasteiger partial charge in [-0.05, 0) is 82.0 Å². The minimum absolute atomic E-state index is 0.0126. The van der Waals surface area contributed by atoms with Crippen molar-refractivity contribution in [1.29, 1.82) is 0 Å². The summed E-state index contributed by atoms with van der Waals surface area (Å²) in [6.07, 6.45) is 9.99. The van der Waals surface area contributed by atoms with Gasteiger partial charge in [-0.2, -0.15) is 0 Å². The van der Waals surface area contributed by atoms with Crippen molar-refractivity contribution >= 4 is 22.5 Å². The summed E-state index contributed by atoms with van der Waals surface area (Å²) in [5.41, 5.74) is 3.26. The SMILES string of the molecule is COc1ccc(C2CCCCC2)cc1-c1csc(NC(=O)N2CCN(CCC3CCOC(C)(C)C3)CC2)n1. The third-order valence-corrected chi connectivity index (χ3v) is 9.36. The number of nitrogens with one attached hydrogen (secondary N) is 1. The number of nitrogens with zero attached hydrogens (tertiary/aromatic N) is 3. The second kappa shape index (κ2) is 12.3. The minimum Gasteiger partial charge on any atom is -0.496 e. The Morgan fingerprint density at radius 3 is 2.68 bits per heavy atom. The average molecular weight is 541 g/mol. The summed E-state index contributed by atoms with van der Waals surface area (Å²) in [6.45, 7) is 9.74. The van der Waals surface area contributed by atoms with Crippen LogP contribution in [0.25, 0.3) is 11.3 Å². The molecule has 2 saturated heterocycles. The van der Waals surface area contributed by atoms with Crippen LogP contribution in [0.2, 0.25) is 0 Å². The number of anilines is 1. The number of methoxy groups -OCH3 is 1. The van der Waals surface area contributed by atoms with Crippen LogP contribution in [0.4, 0.5) is 9.93 Å². The molecule has 1 N–H and O–H groups in total. The van der Waals surface area contributed by atoms with Crippen LogP contribution in [-0.4, -0.2) is 72.9 Å². The lowest BCUT2D eigenvalue weighted by Gasteiger charge is -2.38. The molecule has 2 aliphatic heterocycles. The van der Waals surface area contributed by atoms with Gasteiger partial charge in [-0.3, -0.25) is 10.2 Å². The van der Waals surface area contributed by atoms with E-state index in [4.69, 9.17) is 14.5 Å². The Balaban J connectivity index is 1.13. The number of rotatable bonds is 7. The van der Waals surface area contributed by atoms with E-state index in [1.807, 2.05) is 10.3 Å². The van der Waals surface area contributed by atoms with Gasteiger partial charge in [0.25, 0.3) is 0 Å². The van der Waals surface area contributed by atoms with Gasteiger partial charge in [-0.15, -0.1) is 11.3 Å². The molecule has 1 aliphatic carbocycles. The third kappa shape index (κ3) is 6.88. The number of carbonyl (C=O) groups excluding carboxylic acids is 1. The summed E-state index contributed by atoms with van der Waals surface area (Å²) in [5.74, 6) is 2.18. The van der Waals surface area contributed by atoms with Crippen LogP contribution in [0, 0.1) is 5.92 Å². The second-order valence-electron chi connectivity index (χ2n) is 11.8. The molecule has 2 aromatic rings. The highest BCUT2D eigenvalue weighted by atomic mass is 32.1. The van der Waals surface area contributed by atoms with Crippen molar-refractivity contribution < 1.29 is 14.3 Å². The highest BCUT2D eigenvalue weighted by molar-refractivity contribution is 7.14. The Labute approximate surface area is 231 Å². The maximum absolute atomic E-state index is 13.0. The van der Waals surface area contributed by atoms with Crippen LogP contribution < -0.4 is 10.1 Å². The fraction of sp³-hybridized carbons (Fsp3) is 0.667. The average Bonchev–Trinajstić information content (AvgIpc) is 3.40. The van der Waals surface area contributed by atoms with Gasteiger partial charge >= 0.3 is 6.03 Å². The molecular formula is C30H44N4O3S. The highest BCUT2D eigenvalue weighted by Crippen LogP contribution is 2.39. The zero-order valence-corrected chi connectivity index (χ0v) is 24.2. The molecule has 1 unspecified atom stereocenters. The molecule has 3 fully saturated rings. The quantitative estimate of drug-likeness (QED) is 0.428. The van der Waals surface area contributed by atoms with E-state index in [1.54, 1.807) is 7.11 Å². The fourth-order valence-electron chi connectivity index (χ4n) is 6.39. The Morgan fingerprint density at radius 2 is 1.95 bits per heavy atom. The number of thiazole rings is 1. The molecule has 3 heterocycles. The summed E-state index contributed by atoms with van der Waals surface area (Å²) in [5, 5.41) is 5.71. The summed E-state index contributed by atoms with van der Waals surface area (Å²) < 4.78 is 11.5. The Bertz CT molecular complexity index is 1070. The van der Waals surface area contributed by atoms with E-state index in [2.05, 4.69) is 42.3 Å². The standard InChI is InChI=1S/C30H44N4O3S/c1-30(2)20-22(12-18-37-30)11-13-33-14-16-34(17-15-33)29(35)32-28-31-26(21-38-28)25-19-24(9-10-27(25)36-3)23-7-5-4-6-8-23/h9-10,19,21-23H,4-8,11-18,20H2,1-3H3,(H,31,32,35). The molecule has 38 heavy (non-hydrogen) atoms. The zero-order valence-electron chi connectivity index (χ0n) is 23.3. The Kier molecular flexibility index (Phi) is 8.91. The maximum Gasteiger partial charge on any atom is 0.323 e. The normalized spacial score (nSPS) is 22.8. The van der Waals surface area contributed by atoms with Gasteiger partial charge in [0.1, 0.15) is 5.75 Å². The molecule has 1 saturated carbocycles. The molecule has 3 aliphatic rings. The van der Waals surface area contributed by atoms with Crippen LogP contribution in [0.5, 0.6) is 5.75 Å². The van der Waals surface area contributed by atoms with Gasteiger partial charge in [0.05, 0.1) is 18.4 Å². The second-order valence-corrected chi connectivity index (χ2v) is 12.7. The van der Waals surface area contributed by atoms with E-state index in [0.717, 1.165) is 68.7 Å². The predicted molar refractivity (Wildman–Crippen MR) is 154 cm³/mol. The van der Waals surface area contributed by atoms with Crippen molar-refractivity contribution in [3.05, 3.63) is 29.1 Å². The smallest absolute Gasteiger partial charge is 0.323 e. The molecule has 1 aromatic heterocycles. The fourth-order valence-corrected chi connectivity index (χ4v) is 7.09. The van der Waals surface area contributed by atoms with E-state index in [9.17, 15) is 4.79 Å². The van der Waals surface area contributed by atoms with Crippen molar-refractivity contribution in [2.24, 2.45) is 5.92 Å². The number of amides is 2. The van der Waals surface area contributed by atoms with Crippen molar-refractivity contribution in [1.82, 2.24) is 14.8 Å². The number of hydrogen-bond donors (Lipinski definition) is 1. The van der Waals surface area contributed by atoms with E-state index < -0.39 is 0 Å². The number of hydrogen-bond acceptors (Lipinski definition) is 6. The van der Waals surface area contributed by atoms with Gasteiger partial charge in [0.2, 0.25) is 0 Å². The molecule has 0 bridgehead atoms. The van der Waals surface area contributed by atoms with Crippen LogP contribution in [0.1, 0.15) is 76.7 Å². The first-order valence-corrected chi connectivity index (χ1v) is 15.3. The Hall–Kier alpha value is -2.16.